The van der Waals surface area contributed by atoms with Crippen LogP contribution in [0.3, 0.4) is 0 Å². The van der Waals surface area contributed by atoms with Gasteiger partial charge in [0.15, 0.2) is 5.75 Å². The molecule has 0 unspecified atom stereocenters. The molecule has 0 atom stereocenters. The number of hydrogen-bond donors (Lipinski definition) is 3. The number of anilines is 2. The Bertz CT molecular complexity index is 1390. The number of methoxy groups -OCH3 is 1. The van der Waals surface area contributed by atoms with Crippen LogP contribution in [0, 0.1) is 0 Å². The highest BCUT2D eigenvalue weighted by Crippen LogP contribution is 2.38. The van der Waals surface area contributed by atoms with E-state index >= 15 is 0 Å². The highest BCUT2D eigenvalue weighted by atomic mass is 19.4. The lowest BCUT2D eigenvalue weighted by Gasteiger charge is -2.27. The fourth-order valence-corrected chi connectivity index (χ4v) is 3.51. The van der Waals surface area contributed by atoms with Crippen LogP contribution in [0.5, 0.6) is 5.75 Å². The van der Waals surface area contributed by atoms with E-state index in [1.165, 1.54) is 17.3 Å². The van der Waals surface area contributed by atoms with Gasteiger partial charge in [0.05, 0.1) is 31.6 Å². The van der Waals surface area contributed by atoms with Crippen molar-refractivity contribution in [1.82, 2.24) is 15.2 Å². The predicted molar refractivity (Wildman–Crippen MR) is 137 cm³/mol. The Hall–Kier alpha value is -4.94. The average molecular weight is 637 g/mol. The first-order chi connectivity index (χ1) is 20.3. The minimum atomic E-state index is -5.08. The maximum atomic E-state index is 13.3. The number of esters is 1. The summed E-state index contributed by atoms with van der Waals surface area (Å²) in [6.45, 7) is 2.42. The van der Waals surface area contributed by atoms with Crippen LogP contribution in [-0.2, 0) is 30.5 Å². The van der Waals surface area contributed by atoms with E-state index in [2.05, 4.69) is 25.1 Å². The standard InChI is InChI=1S/C23H24F3N5O6.C2HF3O2/c1-22(2)20(34)31(21(35)30(22)13-14-6-8-27-9-7-14)15-4-5-17(37-23(24,25)26)16(10-15)29-18(32)11-28-12-19(33)36-3;3-2(4,5)1(6)7/h4-10,28H,11-13H2,1-3H3,(H,29,32);(H,6,7). The quantitative estimate of drug-likeness (QED) is 0.211. The maximum Gasteiger partial charge on any atom is 0.573 e. The zero-order valence-corrected chi connectivity index (χ0v) is 23.1. The van der Waals surface area contributed by atoms with Crippen molar-refractivity contribution in [3.05, 3.63) is 48.3 Å². The van der Waals surface area contributed by atoms with Crippen molar-refractivity contribution in [3.8, 4) is 5.75 Å². The molecule has 13 nitrogen and oxygen atoms in total. The molecule has 1 fully saturated rings. The Morgan fingerprint density at radius 2 is 1.59 bits per heavy atom. The van der Waals surface area contributed by atoms with E-state index in [4.69, 9.17) is 9.90 Å². The summed E-state index contributed by atoms with van der Waals surface area (Å²) >= 11 is 0. The third kappa shape index (κ3) is 9.54. The highest BCUT2D eigenvalue weighted by Gasteiger charge is 2.52. The molecular weight excluding hydrogens is 612 g/mol. The number of carbonyl (C=O) groups is 5. The number of alkyl halides is 6. The SMILES string of the molecule is COC(=O)CNCC(=O)Nc1cc(N2C(=O)N(Cc3ccncc3)C(C)(C)C2=O)ccc1OC(F)(F)F.O=C(O)C(F)(F)F. The Morgan fingerprint density at radius 3 is 2.11 bits per heavy atom. The Labute approximate surface area is 244 Å². The van der Waals surface area contributed by atoms with Gasteiger partial charge in [-0.2, -0.15) is 13.2 Å². The van der Waals surface area contributed by atoms with Crippen LogP contribution < -0.4 is 20.3 Å². The summed E-state index contributed by atoms with van der Waals surface area (Å²) in [4.78, 5) is 64.9. The second-order valence-corrected chi connectivity index (χ2v) is 9.18. The summed E-state index contributed by atoms with van der Waals surface area (Å²) in [6.07, 6.45) is -7.08. The van der Waals surface area contributed by atoms with Crippen LogP contribution in [0.2, 0.25) is 0 Å². The van der Waals surface area contributed by atoms with E-state index in [1.54, 1.807) is 26.0 Å². The van der Waals surface area contributed by atoms with Gasteiger partial charge in [0.25, 0.3) is 5.91 Å². The molecule has 1 aliphatic rings. The third-order valence-corrected chi connectivity index (χ3v) is 5.66. The topological polar surface area (TPSA) is 167 Å². The van der Waals surface area contributed by atoms with Gasteiger partial charge in [-0.05, 0) is 49.7 Å². The molecule has 1 saturated heterocycles. The zero-order valence-electron chi connectivity index (χ0n) is 23.1. The van der Waals surface area contributed by atoms with Crippen molar-refractivity contribution >= 4 is 41.2 Å². The molecule has 19 heteroatoms. The second kappa shape index (κ2) is 14.0. The smallest absolute Gasteiger partial charge is 0.475 e. The molecule has 4 amide bonds. The number of carboxylic acid groups (broad SMARTS) is 1. The van der Waals surface area contributed by atoms with Crippen molar-refractivity contribution in [2.75, 3.05) is 30.4 Å². The van der Waals surface area contributed by atoms with Crippen molar-refractivity contribution in [2.45, 2.75) is 38.5 Å². The van der Waals surface area contributed by atoms with Gasteiger partial charge in [-0.1, -0.05) is 0 Å². The van der Waals surface area contributed by atoms with E-state index in [0.29, 0.717) is 5.56 Å². The predicted octanol–water partition coefficient (Wildman–Crippen LogP) is 3.06. The van der Waals surface area contributed by atoms with Gasteiger partial charge in [-0.15, -0.1) is 13.2 Å². The van der Waals surface area contributed by atoms with E-state index in [1.807, 2.05) is 0 Å². The number of hydrogen-bond acceptors (Lipinski definition) is 9. The van der Waals surface area contributed by atoms with E-state index < -0.39 is 65.8 Å². The molecule has 240 valence electrons. The van der Waals surface area contributed by atoms with Crippen LogP contribution in [0.4, 0.5) is 42.5 Å². The summed E-state index contributed by atoms with van der Waals surface area (Å²) in [6, 6.07) is 5.69. The van der Waals surface area contributed by atoms with Gasteiger partial charge in [0.1, 0.15) is 5.54 Å². The molecule has 3 rings (SSSR count). The van der Waals surface area contributed by atoms with Crippen LogP contribution in [-0.4, -0.2) is 83.1 Å². The number of pyridine rings is 1. The van der Waals surface area contributed by atoms with Crippen LogP contribution in [0.25, 0.3) is 0 Å². The Balaban J connectivity index is 0.000000860. The largest absolute Gasteiger partial charge is 0.573 e. The molecule has 1 aromatic heterocycles. The number of benzene rings is 1. The van der Waals surface area contributed by atoms with Gasteiger partial charge in [-0.25, -0.2) is 14.5 Å². The fraction of sp³-hybridized carbons (Fsp3) is 0.360. The number of nitrogens with one attached hydrogen (secondary N) is 2. The normalized spacial score (nSPS) is 14.5. The first kappa shape index (κ1) is 35.3. The third-order valence-electron chi connectivity index (χ3n) is 5.66. The molecule has 44 heavy (non-hydrogen) atoms. The lowest BCUT2D eigenvalue weighted by atomic mass is 10.0. The number of rotatable bonds is 9. The summed E-state index contributed by atoms with van der Waals surface area (Å²) in [5.41, 5.74) is -1.08. The summed E-state index contributed by atoms with van der Waals surface area (Å²) in [5.74, 6) is -5.60. The lowest BCUT2D eigenvalue weighted by Crippen LogP contribution is -2.43. The minimum Gasteiger partial charge on any atom is -0.475 e. The number of aromatic nitrogens is 1. The molecule has 0 bridgehead atoms. The van der Waals surface area contributed by atoms with Crippen molar-refractivity contribution < 1.29 is 64.9 Å². The lowest BCUT2D eigenvalue weighted by molar-refractivity contribution is -0.274. The maximum absolute atomic E-state index is 13.3. The molecule has 2 aromatic rings. The monoisotopic (exact) mass is 637 g/mol. The molecule has 0 radical (unpaired) electrons. The number of ether oxygens (including phenoxy) is 2. The number of imide groups is 1. The first-order valence-electron chi connectivity index (χ1n) is 12.1. The second-order valence-electron chi connectivity index (χ2n) is 9.18. The molecule has 0 spiro atoms. The van der Waals surface area contributed by atoms with Gasteiger partial charge < -0.3 is 24.8 Å². The number of urea groups is 1. The summed E-state index contributed by atoms with van der Waals surface area (Å²) in [5, 5.41) is 11.8. The highest BCUT2D eigenvalue weighted by molar-refractivity contribution is 6.23. The van der Waals surface area contributed by atoms with Crippen LogP contribution >= 0.6 is 0 Å². The molecular formula is C25H25F6N5O8. The molecule has 1 aliphatic heterocycles. The van der Waals surface area contributed by atoms with Crippen molar-refractivity contribution in [3.63, 3.8) is 0 Å². The summed E-state index contributed by atoms with van der Waals surface area (Å²) in [7, 11) is 1.15. The number of carboxylic acids is 1. The molecule has 0 aliphatic carbocycles. The minimum absolute atomic E-state index is 0.0763. The molecule has 2 heterocycles. The van der Waals surface area contributed by atoms with Gasteiger partial charge in [-0.3, -0.25) is 24.7 Å². The van der Waals surface area contributed by atoms with E-state index in [0.717, 1.165) is 30.2 Å². The van der Waals surface area contributed by atoms with Gasteiger partial charge in [0.2, 0.25) is 5.91 Å². The van der Waals surface area contributed by atoms with Gasteiger partial charge in [0, 0.05) is 18.9 Å². The number of amides is 4. The Morgan fingerprint density at radius 1 is 1.00 bits per heavy atom. The van der Waals surface area contributed by atoms with E-state index in [9.17, 15) is 45.5 Å². The van der Waals surface area contributed by atoms with E-state index in [-0.39, 0.29) is 18.8 Å². The van der Waals surface area contributed by atoms with Crippen LogP contribution in [0.15, 0.2) is 42.7 Å². The molecule has 3 N–H and O–H groups in total. The van der Waals surface area contributed by atoms with Gasteiger partial charge >= 0.3 is 30.5 Å². The van der Waals surface area contributed by atoms with Crippen molar-refractivity contribution in [1.29, 1.82) is 0 Å². The fourth-order valence-electron chi connectivity index (χ4n) is 3.51. The summed E-state index contributed by atoms with van der Waals surface area (Å²) < 4.78 is 79.0. The first-order valence-corrected chi connectivity index (χ1v) is 12.1. The number of halogens is 6. The Kier molecular flexibility index (Phi) is 11.2. The average Bonchev–Trinajstić information content (AvgIpc) is 3.08. The number of carbonyl (C=O) groups excluding carboxylic acids is 4. The van der Waals surface area contributed by atoms with Crippen LogP contribution in [0.1, 0.15) is 19.4 Å². The van der Waals surface area contributed by atoms with Crippen molar-refractivity contribution in [2.24, 2.45) is 0 Å². The molecule has 0 saturated carbocycles. The molecule has 1 aromatic carbocycles. The number of aliphatic carboxylic acids is 1. The number of nitrogens with zero attached hydrogens (tertiary/aromatic N) is 3. The zero-order chi connectivity index (χ0) is 33.5.